The molecule has 1 atom stereocenters. The Kier molecular flexibility index (Phi) is 11.0. The summed E-state index contributed by atoms with van der Waals surface area (Å²) in [4.78, 5) is 18.0. The number of guanidine groups is 1. The van der Waals surface area contributed by atoms with Crippen LogP contribution in [0.5, 0.6) is 11.5 Å². The molecule has 1 unspecified atom stereocenters. The summed E-state index contributed by atoms with van der Waals surface area (Å²) < 4.78 is 11.1. The van der Waals surface area contributed by atoms with Crippen LogP contribution >= 0.6 is 24.0 Å². The number of likely N-dealkylation sites (tertiary alicyclic amines) is 1. The lowest BCUT2D eigenvalue weighted by Crippen LogP contribution is -2.44. The second kappa shape index (κ2) is 12.7. The van der Waals surface area contributed by atoms with Crippen molar-refractivity contribution in [3.05, 3.63) is 23.8 Å². The lowest BCUT2D eigenvalue weighted by molar-refractivity contribution is -0.129. The number of aliphatic imine (C=N–C) groups is 1. The van der Waals surface area contributed by atoms with Crippen LogP contribution in [0.3, 0.4) is 0 Å². The highest BCUT2D eigenvalue weighted by molar-refractivity contribution is 14.0. The Labute approximate surface area is 185 Å². The van der Waals surface area contributed by atoms with Crippen molar-refractivity contribution in [3.8, 4) is 11.5 Å². The van der Waals surface area contributed by atoms with Gasteiger partial charge >= 0.3 is 0 Å². The lowest BCUT2D eigenvalue weighted by Gasteiger charge is -2.19. The maximum absolute atomic E-state index is 11.8. The second-order valence-electron chi connectivity index (χ2n) is 6.58. The Balaban J connectivity index is 0.00000392. The number of carbonyl (C=O) groups is 1. The zero-order valence-corrected chi connectivity index (χ0v) is 19.6. The molecule has 1 fully saturated rings. The fourth-order valence-corrected chi connectivity index (χ4v) is 3.06. The van der Waals surface area contributed by atoms with Crippen LogP contribution in [0.2, 0.25) is 0 Å². The molecule has 8 heteroatoms. The summed E-state index contributed by atoms with van der Waals surface area (Å²) in [5, 5.41) is 6.73. The molecule has 2 N–H and O–H groups in total. The summed E-state index contributed by atoms with van der Waals surface area (Å²) in [5.74, 6) is 2.43. The van der Waals surface area contributed by atoms with Crippen LogP contribution < -0.4 is 20.1 Å². The maximum atomic E-state index is 11.8. The molecule has 1 aromatic rings. The van der Waals surface area contributed by atoms with E-state index in [-0.39, 0.29) is 35.9 Å². The van der Waals surface area contributed by atoms with Crippen molar-refractivity contribution in [1.29, 1.82) is 0 Å². The van der Waals surface area contributed by atoms with Gasteiger partial charge in [-0.05, 0) is 30.5 Å². The first kappa shape index (κ1) is 24.3. The van der Waals surface area contributed by atoms with Crippen molar-refractivity contribution in [2.45, 2.75) is 45.7 Å². The van der Waals surface area contributed by atoms with Crippen LogP contribution in [0.1, 0.15) is 38.7 Å². The van der Waals surface area contributed by atoms with E-state index in [4.69, 9.17) is 9.47 Å². The molecule has 1 aromatic carbocycles. The first-order valence-electron chi connectivity index (χ1n) is 9.65. The quantitative estimate of drug-likeness (QED) is 0.324. The first-order valence-corrected chi connectivity index (χ1v) is 9.65. The summed E-state index contributed by atoms with van der Waals surface area (Å²) in [5.41, 5.74) is 1.08. The SMILES string of the molecule is CCCOc1ccc(CNC(=NC)NC2CCN(C(=O)CC)C2)cc1OC.I. The normalized spacial score (nSPS) is 16.4. The second-order valence-corrected chi connectivity index (χ2v) is 6.58. The Morgan fingerprint density at radius 3 is 2.75 bits per heavy atom. The number of methoxy groups -OCH3 is 1. The Bertz CT molecular complexity index is 654. The van der Waals surface area contributed by atoms with Crippen molar-refractivity contribution in [2.75, 3.05) is 33.9 Å². The van der Waals surface area contributed by atoms with Gasteiger partial charge in [0.2, 0.25) is 5.91 Å². The third-order valence-corrected chi connectivity index (χ3v) is 4.56. The van der Waals surface area contributed by atoms with E-state index in [0.717, 1.165) is 49.0 Å². The van der Waals surface area contributed by atoms with Gasteiger partial charge in [0.05, 0.1) is 13.7 Å². The maximum Gasteiger partial charge on any atom is 0.222 e. The summed E-state index contributed by atoms with van der Waals surface area (Å²) >= 11 is 0. The molecule has 0 radical (unpaired) electrons. The average molecular weight is 504 g/mol. The van der Waals surface area contributed by atoms with Crippen LogP contribution in [0.25, 0.3) is 0 Å². The molecule has 0 aliphatic carbocycles. The van der Waals surface area contributed by atoms with Gasteiger partial charge in [0.25, 0.3) is 0 Å². The molecule has 1 aliphatic heterocycles. The predicted octanol–water partition coefficient (Wildman–Crippen LogP) is 2.78. The van der Waals surface area contributed by atoms with Gasteiger partial charge in [-0.3, -0.25) is 9.79 Å². The Morgan fingerprint density at radius 1 is 1.32 bits per heavy atom. The third-order valence-electron chi connectivity index (χ3n) is 4.56. The summed E-state index contributed by atoms with van der Waals surface area (Å²) in [6.07, 6.45) is 2.44. The van der Waals surface area contributed by atoms with Gasteiger partial charge in [-0.15, -0.1) is 24.0 Å². The largest absolute Gasteiger partial charge is 0.493 e. The van der Waals surface area contributed by atoms with Crippen LogP contribution in [-0.2, 0) is 11.3 Å². The molecule has 0 aromatic heterocycles. The smallest absolute Gasteiger partial charge is 0.222 e. The molecule has 28 heavy (non-hydrogen) atoms. The zero-order chi connectivity index (χ0) is 19.6. The van der Waals surface area contributed by atoms with Crippen molar-refractivity contribution >= 4 is 35.8 Å². The van der Waals surface area contributed by atoms with Crippen LogP contribution in [0.4, 0.5) is 0 Å². The van der Waals surface area contributed by atoms with Gasteiger partial charge in [-0.2, -0.15) is 0 Å². The number of carbonyl (C=O) groups excluding carboxylic acids is 1. The molecule has 1 aliphatic rings. The lowest BCUT2D eigenvalue weighted by atomic mass is 10.2. The number of halogens is 1. The van der Waals surface area contributed by atoms with Gasteiger partial charge in [0.15, 0.2) is 17.5 Å². The first-order chi connectivity index (χ1) is 13.1. The topological polar surface area (TPSA) is 75.2 Å². The molecule has 2 rings (SSSR count). The summed E-state index contributed by atoms with van der Waals surface area (Å²) in [6, 6.07) is 6.16. The molecule has 0 saturated carbocycles. The van der Waals surface area contributed by atoms with Gasteiger partial charge < -0.3 is 25.0 Å². The van der Waals surface area contributed by atoms with E-state index in [0.29, 0.717) is 19.6 Å². The highest BCUT2D eigenvalue weighted by atomic mass is 127. The molecule has 1 heterocycles. The van der Waals surface area contributed by atoms with Gasteiger partial charge in [0, 0.05) is 39.1 Å². The van der Waals surface area contributed by atoms with E-state index in [9.17, 15) is 4.79 Å². The fourth-order valence-electron chi connectivity index (χ4n) is 3.06. The number of nitrogens with one attached hydrogen (secondary N) is 2. The Hall–Kier alpha value is -1.71. The average Bonchev–Trinajstić information content (AvgIpc) is 3.17. The standard InChI is InChI=1S/C20H32N4O3.HI/c1-5-11-27-17-8-7-15(12-18(17)26-4)13-22-20(21-3)23-16-9-10-24(14-16)19(25)6-2;/h7-8,12,16H,5-6,9-11,13-14H2,1-4H3,(H2,21,22,23);1H. The van der Waals surface area contributed by atoms with Crippen LogP contribution in [0.15, 0.2) is 23.2 Å². The minimum absolute atomic E-state index is 0. The molecule has 1 amide bonds. The number of benzene rings is 1. The van der Waals surface area contributed by atoms with E-state index < -0.39 is 0 Å². The molecule has 0 spiro atoms. The molecular formula is C20H33IN4O3. The van der Waals surface area contributed by atoms with E-state index in [1.54, 1.807) is 14.2 Å². The van der Waals surface area contributed by atoms with Crippen LogP contribution in [-0.4, -0.2) is 56.7 Å². The van der Waals surface area contributed by atoms with E-state index in [1.165, 1.54) is 0 Å². The Morgan fingerprint density at radius 2 is 2.11 bits per heavy atom. The van der Waals surface area contributed by atoms with Crippen LogP contribution in [0, 0.1) is 0 Å². The number of amides is 1. The van der Waals surface area contributed by atoms with Gasteiger partial charge in [-0.1, -0.05) is 19.9 Å². The number of nitrogens with zero attached hydrogens (tertiary/aromatic N) is 2. The molecule has 158 valence electrons. The van der Waals surface area contributed by atoms with Crippen molar-refractivity contribution in [1.82, 2.24) is 15.5 Å². The van der Waals surface area contributed by atoms with E-state index in [1.807, 2.05) is 30.0 Å². The summed E-state index contributed by atoms with van der Waals surface area (Å²) in [7, 11) is 3.40. The number of ether oxygens (including phenoxy) is 2. The highest BCUT2D eigenvalue weighted by Crippen LogP contribution is 2.28. The minimum atomic E-state index is 0. The predicted molar refractivity (Wildman–Crippen MR) is 123 cm³/mol. The van der Waals surface area contributed by atoms with E-state index >= 15 is 0 Å². The molecule has 7 nitrogen and oxygen atoms in total. The molecule has 0 bridgehead atoms. The summed E-state index contributed by atoms with van der Waals surface area (Å²) in [6.45, 7) is 6.79. The number of hydrogen-bond donors (Lipinski definition) is 2. The molecule has 1 saturated heterocycles. The van der Waals surface area contributed by atoms with Crippen molar-refractivity contribution in [2.24, 2.45) is 4.99 Å². The minimum Gasteiger partial charge on any atom is -0.493 e. The third kappa shape index (κ3) is 7.03. The number of rotatable bonds is 8. The zero-order valence-electron chi connectivity index (χ0n) is 17.3. The van der Waals surface area contributed by atoms with E-state index in [2.05, 4.69) is 22.5 Å². The van der Waals surface area contributed by atoms with Gasteiger partial charge in [0.1, 0.15) is 0 Å². The van der Waals surface area contributed by atoms with Crippen molar-refractivity contribution in [3.63, 3.8) is 0 Å². The fraction of sp³-hybridized carbons (Fsp3) is 0.600. The number of hydrogen-bond acceptors (Lipinski definition) is 4. The van der Waals surface area contributed by atoms with Crippen molar-refractivity contribution < 1.29 is 14.3 Å². The monoisotopic (exact) mass is 504 g/mol. The molecular weight excluding hydrogens is 471 g/mol. The highest BCUT2D eigenvalue weighted by Gasteiger charge is 2.25. The van der Waals surface area contributed by atoms with Gasteiger partial charge in [-0.25, -0.2) is 0 Å².